The third kappa shape index (κ3) is 3.82. The van der Waals surface area contributed by atoms with E-state index in [2.05, 4.69) is 45.4 Å². The Morgan fingerprint density at radius 2 is 1.97 bits per heavy atom. The molecule has 0 N–H and O–H groups in total. The van der Waals surface area contributed by atoms with E-state index in [-0.39, 0.29) is 0 Å². The summed E-state index contributed by atoms with van der Waals surface area (Å²) >= 11 is 6.36. The molecule has 0 aliphatic carbocycles. The third-order valence-electron chi connectivity index (χ3n) is 5.45. The van der Waals surface area contributed by atoms with Gasteiger partial charge in [0.1, 0.15) is 12.4 Å². The Bertz CT molecular complexity index is 1020. The van der Waals surface area contributed by atoms with Gasteiger partial charge in [-0.2, -0.15) is 0 Å². The molecule has 150 valence electrons. The number of aliphatic imine (C=N–C) groups is 1. The van der Waals surface area contributed by atoms with Gasteiger partial charge in [-0.05, 0) is 50.3 Å². The van der Waals surface area contributed by atoms with Crippen LogP contribution in [0.4, 0.5) is 0 Å². The molecule has 1 unspecified atom stereocenters. The molecule has 0 saturated heterocycles. The minimum atomic E-state index is 0.369. The van der Waals surface area contributed by atoms with E-state index in [1.54, 1.807) is 6.20 Å². The highest BCUT2D eigenvalue weighted by Crippen LogP contribution is 2.28. The van der Waals surface area contributed by atoms with Gasteiger partial charge >= 0.3 is 0 Å². The molecule has 7 heteroatoms. The topological polar surface area (TPSA) is 59.2 Å². The van der Waals surface area contributed by atoms with Crippen molar-refractivity contribution in [2.75, 3.05) is 13.1 Å². The molecule has 2 aromatic heterocycles. The summed E-state index contributed by atoms with van der Waals surface area (Å²) in [5.74, 6) is 1.78. The highest BCUT2D eigenvalue weighted by molar-refractivity contribution is 6.31. The number of aromatic nitrogens is 4. The van der Waals surface area contributed by atoms with Crippen molar-refractivity contribution in [2.24, 2.45) is 4.99 Å². The summed E-state index contributed by atoms with van der Waals surface area (Å²) in [4.78, 5) is 11.8. The van der Waals surface area contributed by atoms with E-state index in [4.69, 9.17) is 16.6 Å². The van der Waals surface area contributed by atoms with E-state index < -0.39 is 0 Å². The molecule has 0 bridgehead atoms. The Hall–Kier alpha value is -2.57. The first-order valence-electron chi connectivity index (χ1n) is 10.1. The van der Waals surface area contributed by atoms with Crippen molar-refractivity contribution in [1.82, 2.24) is 24.6 Å². The van der Waals surface area contributed by atoms with Crippen molar-refractivity contribution in [3.63, 3.8) is 0 Å². The molecule has 1 aliphatic heterocycles. The quantitative estimate of drug-likeness (QED) is 0.619. The molecule has 1 aliphatic rings. The van der Waals surface area contributed by atoms with E-state index in [1.165, 1.54) is 0 Å². The molecule has 4 rings (SSSR count). The lowest BCUT2D eigenvalue weighted by Crippen LogP contribution is -2.35. The SMILES string of the molecule is CCN(CC)C(C)Cc1nnc2n1-c1ccc(Cl)cc1C(c1ccccn1)=NC2. The van der Waals surface area contributed by atoms with Gasteiger partial charge in [-0.3, -0.25) is 14.5 Å². The Morgan fingerprint density at radius 1 is 1.14 bits per heavy atom. The van der Waals surface area contributed by atoms with E-state index in [0.717, 1.165) is 53.8 Å². The molecular weight excluding hydrogens is 384 g/mol. The minimum Gasteiger partial charge on any atom is -0.301 e. The number of hydrogen-bond donors (Lipinski definition) is 0. The molecule has 1 atom stereocenters. The number of benzene rings is 1. The van der Waals surface area contributed by atoms with Gasteiger partial charge in [0.05, 0.1) is 17.1 Å². The average Bonchev–Trinajstić information content (AvgIpc) is 3.04. The van der Waals surface area contributed by atoms with Crippen LogP contribution in [0.5, 0.6) is 0 Å². The Balaban J connectivity index is 1.81. The summed E-state index contributed by atoms with van der Waals surface area (Å²) < 4.78 is 2.14. The number of nitrogens with zero attached hydrogens (tertiary/aromatic N) is 6. The monoisotopic (exact) mass is 408 g/mol. The third-order valence-corrected chi connectivity index (χ3v) is 5.69. The van der Waals surface area contributed by atoms with Gasteiger partial charge in [0.2, 0.25) is 0 Å². The first kappa shape index (κ1) is 19.7. The molecule has 3 heterocycles. The van der Waals surface area contributed by atoms with Gasteiger partial charge in [0.25, 0.3) is 0 Å². The molecule has 1 aromatic carbocycles. The smallest absolute Gasteiger partial charge is 0.159 e. The zero-order chi connectivity index (χ0) is 20.4. The highest BCUT2D eigenvalue weighted by atomic mass is 35.5. The van der Waals surface area contributed by atoms with Crippen LogP contribution in [0.25, 0.3) is 5.69 Å². The van der Waals surface area contributed by atoms with Crippen molar-refractivity contribution in [1.29, 1.82) is 0 Å². The maximum absolute atomic E-state index is 6.36. The lowest BCUT2D eigenvalue weighted by atomic mass is 10.0. The van der Waals surface area contributed by atoms with Crippen LogP contribution in [0.3, 0.4) is 0 Å². The number of likely N-dealkylation sites (N-methyl/N-ethyl adjacent to an activating group) is 1. The van der Waals surface area contributed by atoms with Crippen LogP contribution >= 0.6 is 11.6 Å². The van der Waals surface area contributed by atoms with E-state index >= 15 is 0 Å². The fourth-order valence-electron chi connectivity index (χ4n) is 3.96. The van der Waals surface area contributed by atoms with Gasteiger partial charge in [0.15, 0.2) is 5.82 Å². The van der Waals surface area contributed by atoms with E-state index in [9.17, 15) is 0 Å². The van der Waals surface area contributed by atoms with Crippen LogP contribution in [-0.4, -0.2) is 49.5 Å². The molecule has 0 radical (unpaired) electrons. The molecule has 0 saturated carbocycles. The van der Waals surface area contributed by atoms with E-state index in [1.807, 2.05) is 36.4 Å². The highest BCUT2D eigenvalue weighted by Gasteiger charge is 2.25. The second-order valence-electron chi connectivity index (χ2n) is 7.18. The Labute approximate surface area is 176 Å². The standard InChI is InChI=1S/C22H25ClN6/c1-4-28(5-2)15(3)12-20-26-27-21-14-25-22(18-8-6-7-11-24-18)17-13-16(23)9-10-19(17)29(20)21/h6-11,13,15H,4-5,12,14H2,1-3H3. The van der Waals surface area contributed by atoms with Crippen LogP contribution in [0.2, 0.25) is 5.02 Å². The zero-order valence-electron chi connectivity index (χ0n) is 17.0. The van der Waals surface area contributed by atoms with Crippen LogP contribution in [0, 0.1) is 0 Å². The van der Waals surface area contributed by atoms with Crippen LogP contribution in [0.15, 0.2) is 47.6 Å². The van der Waals surface area contributed by atoms with Crippen LogP contribution in [-0.2, 0) is 13.0 Å². The summed E-state index contributed by atoms with van der Waals surface area (Å²) in [5.41, 5.74) is 3.61. The molecule has 3 aromatic rings. The number of hydrogen-bond acceptors (Lipinski definition) is 5. The fourth-order valence-corrected chi connectivity index (χ4v) is 4.13. The number of rotatable bonds is 6. The summed E-state index contributed by atoms with van der Waals surface area (Å²) in [6, 6.07) is 12.1. The summed E-state index contributed by atoms with van der Waals surface area (Å²) in [6.45, 7) is 9.09. The van der Waals surface area contributed by atoms with Crippen LogP contribution in [0.1, 0.15) is 43.7 Å². The summed E-state index contributed by atoms with van der Waals surface area (Å²) in [5, 5.41) is 9.65. The Kier molecular flexibility index (Phi) is 5.74. The first-order chi connectivity index (χ1) is 14.1. The average molecular weight is 409 g/mol. The first-order valence-corrected chi connectivity index (χ1v) is 10.4. The molecule has 6 nitrogen and oxygen atoms in total. The van der Waals surface area contributed by atoms with Crippen molar-refractivity contribution in [3.8, 4) is 5.69 Å². The van der Waals surface area contributed by atoms with Gasteiger partial charge in [-0.1, -0.05) is 31.5 Å². The van der Waals surface area contributed by atoms with Gasteiger partial charge in [0, 0.05) is 29.2 Å². The second kappa shape index (κ2) is 8.43. The number of halogens is 1. The zero-order valence-corrected chi connectivity index (χ0v) is 17.8. The Morgan fingerprint density at radius 3 is 2.69 bits per heavy atom. The number of fused-ring (bicyclic) bond motifs is 3. The molecule has 29 heavy (non-hydrogen) atoms. The van der Waals surface area contributed by atoms with Crippen molar-refractivity contribution in [3.05, 3.63) is 70.5 Å². The van der Waals surface area contributed by atoms with Crippen molar-refractivity contribution < 1.29 is 0 Å². The predicted octanol–water partition coefficient (Wildman–Crippen LogP) is 3.94. The number of pyridine rings is 1. The normalized spacial score (nSPS) is 14.2. The fraction of sp³-hybridized carbons (Fsp3) is 0.364. The molecule has 0 amide bonds. The maximum atomic E-state index is 6.36. The van der Waals surface area contributed by atoms with Crippen molar-refractivity contribution >= 4 is 17.3 Å². The largest absolute Gasteiger partial charge is 0.301 e. The van der Waals surface area contributed by atoms with Gasteiger partial charge in [-0.15, -0.1) is 10.2 Å². The minimum absolute atomic E-state index is 0.369. The van der Waals surface area contributed by atoms with Gasteiger partial charge < -0.3 is 4.90 Å². The molecular formula is C22H25ClN6. The van der Waals surface area contributed by atoms with Crippen LogP contribution < -0.4 is 0 Å². The summed E-state index contributed by atoms with van der Waals surface area (Å²) in [7, 11) is 0. The van der Waals surface area contributed by atoms with Crippen molar-refractivity contribution in [2.45, 2.75) is 39.8 Å². The predicted molar refractivity (Wildman–Crippen MR) is 116 cm³/mol. The maximum Gasteiger partial charge on any atom is 0.159 e. The van der Waals surface area contributed by atoms with E-state index in [0.29, 0.717) is 17.6 Å². The second-order valence-corrected chi connectivity index (χ2v) is 7.62. The molecule has 0 fully saturated rings. The van der Waals surface area contributed by atoms with Gasteiger partial charge in [-0.25, -0.2) is 0 Å². The lowest BCUT2D eigenvalue weighted by Gasteiger charge is -2.26. The molecule has 0 spiro atoms. The lowest BCUT2D eigenvalue weighted by molar-refractivity contribution is 0.227. The summed E-state index contributed by atoms with van der Waals surface area (Å²) in [6.07, 6.45) is 2.60.